The molecule has 3 nitrogen and oxygen atoms in total. The fourth-order valence-electron chi connectivity index (χ4n) is 2.68. The van der Waals surface area contributed by atoms with Crippen LogP contribution in [0.3, 0.4) is 0 Å². The molecule has 0 fully saturated rings. The van der Waals surface area contributed by atoms with Gasteiger partial charge < -0.3 is 14.9 Å². The Morgan fingerprint density at radius 2 is 2.06 bits per heavy atom. The quantitative estimate of drug-likeness (QED) is 0.598. The van der Waals surface area contributed by atoms with Crippen molar-refractivity contribution < 1.29 is 9.15 Å². The van der Waals surface area contributed by atoms with Crippen LogP contribution in [0.15, 0.2) is 34.7 Å². The molecule has 0 amide bonds. The summed E-state index contributed by atoms with van der Waals surface area (Å²) in [5.74, 6) is 0.868. The van der Waals surface area contributed by atoms with E-state index in [4.69, 9.17) is 14.9 Å². The van der Waals surface area contributed by atoms with Crippen LogP contribution in [-0.4, -0.2) is 13.2 Å². The third-order valence-corrected chi connectivity index (χ3v) is 3.47. The van der Waals surface area contributed by atoms with Crippen molar-refractivity contribution in [3.05, 3.63) is 41.5 Å². The van der Waals surface area contributed by atoms with Crippen molar-refractivity contribution in [2.24, 2.45) is 5.73 Å². The maximum Gasteiger partial charge on any atom is 0.139 e. The molecular weight excluding hydrogens is 226 g/mol. The van der Waals surface area contributed by atoms with Crippen LogP contribution in [0.4, 0.5) is 0 Å². The third kappa shape index (κ3) is 1.22. The van der Waals surface area contributed by atoms with Crippen LogP contribution in [0.1, 0.15) is 11.1 Å². The van der Waals surface area contributed by atoms with Crippen LogP contribution in [0.5, 0.6) is 5.75 Å². The van der Waals surface area contributed by atoms with E-state index in [1.54, 1.807) is 0 Å². The number of benzene rings is 2. The lowest BCUT2D eigenvalue weighted by atomic mass is 9.88. The molecule has 2 aromatic carbocycles. The SMILES string of the molecule is NCCOc1cccc2oc3cc4cc(c3c12)C4. The lowest BCUT2D eigenvalue weighted by Crippen LogP contribution is -2.10. The van der Waals surface area contributed by atoms with E-state index < -0.39 is 0 Å². The average molecular weight is 239 g/mol. The van der Waals surface area contributed by atoms with E-state index >= 15 is 0 Å². The molecule has 0 spiro atoms. The van der Waals surface area contributed by atoms with Gasteiger partial charge in [0, 0.05) is 11.9 Å². The van der Waals surface area contributed by atoms with Crippen LogP contribution < -0.4 is 10.5 Å². The summed E-state index contributed by atoms with van der Waals surface area (Å²) in [6, 6.07) is 10.3. The van der Waals surface area contributed by atoms with Crippen LogP contribution in [0, 0.1) is 0 Å². The van der Waals surface area contributed by atoms with Crippen molar-refractivity contribution in [1.82, 2.24) is 0 Å². The van der Waals surface area contributed by atoms with Gasteiger partial charge in [-0.1, -0.05) is 12.1 Å². The molecule has 1 aromatic heterocycles. The summed E-state index contributed by atoms with van der Waals surface area (Å²) >= 11 is 0. The standard InChI is InChI=1S/C15H13NO2/c16-4-5-17-11-2-1-3-12-15(11)14-10-6-9(7-10)8-13(14)18-12/h1-3,6,8H,4-5,7,16H2. The van der Waals surface area contributed by atoms with Crippen LogP contribution in [0.2, 0.25) is 0 Å². The Hall–Kier alpha value is -2.00. The van der Waals surface area contributed by atoms with E-state index in [9.17, 15) is 0 Å². The predicted octanol–water partition coefficient (Wildman–Crippen LogP) is 2.83. The first-order valence-electron chi connectivity index (χ1n) is 6.17. The van der Waals surface area contributed by atoms with Gasteiger partial charge in [-0.2, -0.15) is 0 Å². The Bertz CT molecular complexity index is 758. The first-order valence-corrected chi connectivity index (χ1v) is 6.17. The Labute approximate surface area is 104 Å². The lowest BCUT2D eigenvalue weighted by molar-refractivity contribution is 0.332. The van der Waals surface area contributed by atoms with Gasteiger partial charge in [-0.15, -0.1) is 0 Å². The number of nitrogens with two attached hydrogens (primary N) is 1. The number of furan rings is 1. The summed E-state index contributed by atoms with van der Waals surface area (Å²) in [6.45, 7) is 1.04. The minimum atomic E-state index is 0.517. The van der Waals surface area contributed by atoms with Gasteiger partial charge in [0.15, 0.2) is 0 Å². The molecule has 3 heteroatoms. The molecule has 0 aliphatic heterocycles. The molecular formula is C15H13NO2. The number of hydrogen-bond acceptors (Lipinski definition) is 3. The maximum atomic E-state index is 5.88. The van der Waals surface area contributed by atoms with Crippen molar-refractivity contribution in [3.63, 3.8) is 0 Å². The van der Waals surface area contributed by atoms with Crippen LogP contribution >= 0.6 is 0 Å². The summed E-state index contributed by atoms with van der Waals surface area (Å²) in [6.07, 6.45) is 1.05. The summed E-state index contributed by atoms with van der Waals surface area (Å²) in [5, 5.41) is 2.29. The third-order valence-electron chi connectivity index (χ3n) is 3.47. The molecule has 0 radical (unpaired) electrons. The van der Waals surface area contributed by atoms with Crippen molar-refractivity contribution >= 4 is 21.9 Å². The van der Waals surface area contributed by atoms with E-state index in [0.717, 1.165) is 28.7 Å². The average Bonchev–Trinajstić information content (AvgIpc) is 2.74. The largest absolute Gasteiger partial charge is 0.491 e. The summed E-state index contributed by atoms with van der Waals surface area (Å²) in [5.41, 5.74) is 10.1. The lowest BCUT2D eigenvalue weighted by Gasteiger charge is -2.15. The fourth-order valence-corrected chi connectivity index (χ4v) is 2.68. The highest BCUT2D eigenvalue weighted by Gasteiger charge is 2.21. The van der Waals surface area contributed by atoms with Crippen LogP contribution in [-0.2, 0) is 6.42 Å². The number of rotatable bonds is 3. The van der Waals surface area contributed by atoms with E-state index in [1.807, 2.05) is 18.2 Å². The van der Waals surface area contributed by atoms with Gasteiger partial charge >= 0.3 is 0 Å². The monoisotopic (exact) mass is 239 g/mol. The van der Waals surface area contributed by atoms with E-state index in [2.05, 4.69) is 12.1 Å². The van der Waals surface area contributed by atoms with Crippen LogP contribution in [0.25, 0.3) is 21.9 Å². The number of ether oxygens (including phenoxy) is 1. The molecule has 3 aromatic rings. The highest BCUT2D eigenvalue weighted by atomic mass is 16.5. The van der Waals surface area contributed by atoms with Gasteiger partial charge in [0.25, 0.3) is 0 Å². The summed E-state index contributed by atoms with van der Waals surface area (Å²) in [7, 11) is 0. The Morgan fingerprint density at radius 3 is 2.89 bits per heavy atom. The smallest absolute Gasteiger partial charge is 0.139 e. The number of fused-ring (bicyclic) bond motifs is 1. The second-order valence-electron chi connectivity index (χ2n) is 4.67. The minimum absolute atomic E-state index is 0.517. The Balaban J connectivity index is 2.04. The normalized spacial score (nSPS) is 12.9. The van der Waals surface area contributed by atoms with Gasteiger partial charge in [0.05, 0.1) is 5.39 Å². The second kappa shape index (κ2) is 3.50. The molecule has 2 aliphatic rings. The van der Waals surface area contributed by atoms with Gasteiger partial charge in [-0.3, -0.25) is 0 Å². The van der Waals surface area contributed by atoms with Crippen molar-refractivity contribution in [1.29, 1.82) is 0 Å². The molecule has 5 rings (SSSR count). The summed E-state index contributed by atoms with van der Waals surface area (Å²) < 4.78 is 11.6. The highest BCUT2D eigenvalue weighted by Crippen LogP contribution is 2.41. The zero-order chi connectivity index (χ0) is 12.1. The molecule has 1 heterocycles. The molecule has 2 bridgehead atoms. The molecule has 90 valence electrons. The van der Waals surface area contributed by atoms with Gasteiger partial charge in [0.1, 0.15) is 23.5 Å². The van der Waals surface area contributed by atoms with Crippen molar-refractivity contribution in [2.75, 3.05) is 13.2 Å². The first kappa shape index (κ1) is 9.97. The topological polar surface area (TPSA) is 48.4 Å². The van der Waals surface area contributed by atoms with Crippen molar-refractivity contribution in [2.45, 2.75) is 6.42 Å². The number of hydrogen-bond donors (Lipinski definition) is 1. The predicted molar refractivity (Wildman–Crippen MR) is 71.1 cm³/mol. The first-order chi connectivity index (χ1) is 8.86. The molecule has 2 N–H and O–H groups in total. The summed E-state index contributed by atoms with van der Waals surface area (Å²) in [4.78, 5) is 0. The van der Waals surface area contributed by atoms with Gasteiger partial charge in [-0.05, 0) is 35.7 Å². The zero-order valence-electron chi connectivity index (χ0n) is 9.90. The molecule has 0 unspecified atom stereocenters. The Kier molecular flexibility index (Phi) is 1.94. The fraction of sp³-hybridized carbons (Fsp3) is 0.200. The highest BCUT2D eigenvalue weighted by molar-refractivity contribution is 6.11. The van der Waals surface area contributed by atoms with Crippen molar-refractivity contribution in [3.8, 4) is 5.75 Å². The van der Waals surface area contributed by atoms with Gasteiger partial charge in [0.2, 0.25) is 0 Å². The molecule has 2 aliphatic carbocycles. The van der Waals surface area contributed by atoms with E-state index in [1.165, 1.54) is 16.5 Å². The van der Waals surface area contributed by atoms with Gasteiger partial charge in [-0.25, -0.2) is 0 Å². The zero-order valence-corrected chi connectivity index (χ0v) is 9.90. The Morgan fingerprint density at radius 1 is 1.17 bits per heavy atom. The maximum absolute atomic E-state index is 5.88. The second-order valence-corrected chi connectivity index (χ2v) is 4.67. The molecule has 18 heavy (non-hydrogen) atoms. The van der Waals surface area contributed by atoms with E-state index in [-0.39, 0.29) is 0 Å². The minimum Gasteiger partial charge on any atom is -0.491 e. The molecule has 0 saturated heterocycles. The van der Waals surface area contributed by atoms with E-state index in [0.29, 0.717) is 13.2 Å². The molecule has 0 atom stereocenters. The molecule has 0 saturated carbocycles.